The smallest absolute Gasteiger partial charge is 0.161 e. The van der Waals surface area contributed by atoms with Crippen LogP contribution in [0, 0.1) is 5.92 Å². The van der Waals surface area contributed by atoms with E-state index < -0.39 is 0 Å². The van der Waals surface area contributed by atoms with Gasteiger partial charge in [0.25, 0.3) is 0 Å². The van der Waals surface area contributed by atoms with Crippen molar-refractivity contribution in [1.29, 1.82) is 0 Å². The molecule has 2 heteroatoms. The molecule has 15 heavy (non-hydrogen) atoms. The second-order valence-electron chi connectivity index (χ2n) is 4.41. The zero-order valence-corrected chi connectivity index (χ0v) is 9.45. The van der Waals surface area contributed by atoms with Gasteiger partial charge < -0.3 is 9.47 Å². The summed E-state index contributed by atoms with van der Waals surface area (Å²) in [5.74, 6) is 2.54. The molecule has 0 aliphatic carbocycles. The molecular weight excluding hydrogens is 188 g/mol. The number of benzene rings is 1. The topological polar surface area (TPSA) is 18.5 Å². The van der Waals surface area contributed by atoms with Gasteiger partial charge >= 0.3 is 0 Å². The minimum atomic E-state index is 0.665. The number of hydrogen-bond acceptors (Lipinski definition) is 2. The lowest BCUT2D eigenvalue weighted by atomic mass is 10.0. The highest BCUT2D eigenvalue weighted by molar-refractivity contribution is 5.43. The number of hydrogen-bond donors (Lipinski definition) is 0. The van der Waals surface area contributed by atoms with Gasteiger partial charge in [-0.05, 0) is 36.5 Å². The summed E-state index contributed by atoms with van der Waals surface area (Å²) in [5.41, 5.74) is 1.34. The molecule has 0 unspecified atom stereocenters. The zero-order chi connectivity index (χ0) is 10.7. The number of aryl methyl sites for hydroxylation is 1. The van der Waals surface area contributed by atoms with Crippen LogP contribution in [0.2, 0.25) is 0 Å². The maximum atomic E-state index is 5.55. The van der Waals surface area contributed by atoms with Crippen molar-refractivity contribution in [2.45, 2.75) is 26.7 Å². The van der Waals surface area contributed by atoms with Crippen LogP contribution < -0.4 is 9.47 Å². The fourth-order valence-electron chi connectivity index (χ4n) is 1.70. The molecule has 0 saturated heterocycles. The fraction of sp³-hybridized carbons (Fsp3) is 0.538. The zero-order valence-electron chi connectivity index (χ0n) is 9.45. The Kier molecular flexibility index (Phi) is 3.14. The SMILES string of the molecule is CC(C)CCc1ccc2c(c1)OCCO2. The van der Waals surface area contributed by atoms with Gasteiger partial charge in [0.2, 0.25) is 0 Å². The van der Waals surface area contributed by atoms with Gasteiger partial charge in [0, 0.05) is 0 Å². The first-order chi connectivity index (χ1) is 7.25. The Balaban J connectivity index is 2.07. The monoisotopic (exact) mass is 206 g/mol. The van der Waals surface area contributed by atoms with Crippen LogP contribution in [0.25, 0.3) is 0 Å². The molecule has 0 fully saturated rings. The van der Waals surface area contributed by atoms with Gasteiger partial charge in [-0.1, -0.05) is 19.9 Å². The normalized spacial score (nSPS) is 14.3. The Morgan fingerprint density at radius 2 is 1.87 bits per heavy atom. The fourth-order valence-corrected chi connectivity index (χ4v) is 1.70. The van der Waals surface area contributed by atoms with E-state index in [9.17, 15) is 0 Å². The molecule has 0 atom stereocenters. The molecule has 0 amide bonds. The summed E-state index contributed by atoms with van der Waals surface area (Å²) in [4.78, 5) is 0. The highest BCUT2D eigenvalue weighted by Crippen LogP contribution is 2.31. The molecule has 0 aromatic heterocycles. The summed E-state index contributed by atoms with van der Waals surface area (Å²) < 4.78 is 11.0. The number of fused-ring (bicyclic) bond motifs is 1. The van der Waals surface area contributed by atoms with E-state index >= 15 is 0 Å². The van der Waals surface area contributed by atoms with Crippen LogP contribution in [0.1, 0.15) is 25.8 Å². The first kappa shape index (κ1) is 10.3. The number of rotatable bonds is 3. The Bertz CT molecular complexity index is 331. The van der Waals surface area contributed by atoms with Crippen LogP contribution in [0.5, 0.6) is 11.5 Å². The Hall–Kier alpha value is -1.18. The molecule has 1 aliphatic rings. The van der Waals surface area contributed by atoms with Crippen molar-refractivity contribution in [3.63, 3.8) is 0 Å². The molecule has 2 rings (SSSR count). The van der Waals surface area contributed by atoms with E-state index in [4.69, 9.17) is 9.47 Å². The van der Waals surface area contributed by atoms with Crippen molar-refractivity contribution in [1.82, 2.24) is 0 Å². The van der Waals surface area contributed by atoms with Gasteiger partial charge in [0.1, 0.15) is 13.2 Å². The van der Waals surface area contributed by atoms with E-state index in [1.807, 2.05) is 6.07 Å². The van der Waals surface area contributed by atoms with Crippen LogP contribution in [-0.4, -0.2) is 13.2 Å². The lowest BCUT2D eigenvalue weighted by Gasteiger charge is -2.19. The maximum Gasteiger partial charge on any atom is 0.161 e. The van der Waals surface area contributed by atoms with Crippen LogP contribution >= 0.6 is 0 Å². The maximum absolute atomic E-state index is 5.55. The van der Waals surface area contributed by atoms with Crippen molar-refractivity contribution in [2.75, 3.05) is 13.2 Å². The Labute approximate surface area is 91.2 Å². The molecule has 0 radical (unpaired) electrons. The summed E-state index contributed by atoms with van der Waals surface area (Å²) in [6, 6.07) is 6.26. The molecule has 0 spiro atoms. The number of ether oxygens (including phenoxy) is 2. The predicted molar refractivity (Wildman–Crippen MR) is 60.6 cm³/mol. The lowest BCUT2D eigenvalue weighted by molar-refractivity contribution is 0.171. The minimum absolute atomic E-state index is 0.665. The molecular formula is C13H18O2. The molecule has 82 valence electrons. The van der Waals surface area contributed by atoms with E-state index in [0.717, 1.165) is 23.8 Å². The van der Waals surface area contributed by atoms with Gasteiger partial charge in [0.05, 0.1) is 0 Å². The summed E-state index contributed by atoms with van der Waals surface area (Å²) in [7, 11) is 0. The Morgan fingerprint density at radius 1 is 1.13 bits per heavy atom. The third-order valence-electron chi connectivity index (χ3n) is 2.62. The summed E-state index contributed by atoms with van der Waals surface area (Å²) in [6.07, 6.45) is 2.34. The van der Waals surface area contributed by atoms with E-state index in [0.29, 0.717) is 13.2 Å². The van der Waals surface area contributed by atoms with Crippen LogP contribution in [0.4, 0.5) is 0 Å². The molecule has 0 N–H and O–H groups in total. The lowest BCUT2D eigenvalue weighted by Crippen LogP contribution is -2.15. The average Bonchev–Trinajstić information content (AvgIpc) is 2.26. The molecule has 1 aromatic rings. The van der Waals surface area contributed by atoms with Crippen molar-refractivity contribution in [3.8, 4) is 11.5 Å². The predicted octanol–water partition coefficient (Wildman–Crippen LogP) is 3.05. The van der Waals surface area contributed by atoms with Crippen LogP contribution in [0.15, 0.2) is 18.2 Å². The highest BCUT2D eigenvalue weighted by atomic mass is 16.6. The van der Waals surface area contributed by atoms with E-state index in [2.05, 4.69) is 26.0 Å². The summed E-state index contributed by atoms with van der Waals surface area (Å²) in [6.45, 7) is 5.83. The van der Waals surface area contributed by atoms with Crippen molar-refractivity contribution in [3.05, 3.63) is 23.8 Å². The Morgan fingerprint density at radius 3 is 2.60 bits per heavy atom. The van der Waals surface area contributed by atoms with Gasteiger partial charge in [-0.15, -0.1) is 0 Å². The quantitative estimate of drug-likeness (QED) is 0.756. The van der Waals surface area contributed by atoms with E-state index in [1.165, 1.54) is 12.0 Å². The van der Waals surface area contributed by atoms with E-state index in [1.54, 1.807) is 0 Å². The largest absolute Gasteiger partial charge is 0.486 e. The summed E-state index contributed by atoms with van der Waals surface area (Å²) >= 11 is 0. The van der Waals surface area contributed by atoms with Crippen LogP contribution in [-0.2, 0) is 6.42 Å². The van der Waals surface area contributed by atoms with Crippen molar-refractivity contribution in [2.24, 2.45) is 5.92 Å². The molecule has 2 nitrogen and oxygen atoms in total. The van der Waals surface area contributed by atoms with E-state index in [-0.39, 0.29) is 0 Å². The minimum Gasteiger partial charge on any atom is -0.486 e. The van der Waals surface area contributed by atoms with Crippen molar-refractivity contribution >= 4 is 0 Å². The molecule has 1 heterocycles. The third kappa shape index (κ3) is 2.65. The summed E-state index contributed by atoms with van der Waals surface area (Å²) in [5, 5.41) is 0. The molecule has 0 saturated carbocycles. The first-order valence-electron chi connectivity index (χ1n) is 5.64. The highest BCUT2D eigenvalue weighted by Gasteiger charge is 2.11. The standard InChI is InChI=1S/C13H18O2/c1-10(2)3-4-11-5-6-12-13(9-11)15-8-7-14-12/h5-6,9-10H,3-4,7-8H2,1-2H3. The third-order valence-corrected chi connectivity index (χ3v) is 2.62. The average molecular weight is 206 g/mol. The van der Waals surface area contributed by atoms with Gasteiger partial charge in [-0.3, -0.25) is 0 Å². The second-order valence-corrected chi connectivity index (χ2v) is 4.41. The second kappa shape index (κ2) is 4.56. The molecule has 0 bridgehead atoms. The van der Waals surface area contributed by atoms with Crippen molar-refractivity contribution < 1.29 is 9.47 Å². The van der Waals surface area contributed by atoms with Gasteiger partial charge in [-0.25, -0.2) is 0 Å². The molecule has 1 aromatic carbocycles. The van der Waals surface area contributed by atoms with Gasteiger partial charge in [0.15, 0.2) is 11.5 Å². The first-order valence-corrected chi connectivity index (χ1v) is 5.64. The molecule has 1 aliphatic heterocycles. The van der Waals surface area contributed by atoms with Crippen LogP contribution in [0.3, 0.4) is 0 Å². The van der Waals surface area contributed by atoms with Gasteiger partial charge in [-0.2, -0.15) is 0 Å².